The number of hydrogen-bond acceptors (Lipinski definition) is 4. The molecule has 3 aromatic rings. The van der Waals surface area contributed by atoms with E-state index in [0.717, 1.165) is 47.7 Å². The number of benzene rings is 2. The molecule has 2 aliphatic rings. The van der Waals surface area contributed by atoms with Crippen molar-refractivity contribution in [1.29, 1.82) is 0 Å². The molecule has 8 nitrogen and oxygen atoms in total. The predicted molar refractivity (Wildman–Crippen MR) is 143 cm³/mol. The Balaban J connectivity index is 1.54. The number of alkyl carbamates (subject to hydrolysis) is 1. The number of aromatic nitrogens is 1. The number of fused-ring (bicyclic) bond motifs is 5. The highest BCUT2D eigenvalue weighted by molar-refractivity contribution is 6.12. The van der Waals surface area contributed by atoms with Crippen LogP contribution in [0.3, 0.4) is 0 Å². The number of aromatic amines is 1. The summed E-state index contributed by atoms with van der Waals surface area (Å²) in [7, 11) is 0. The lowest BCUT2D eigenvalue weighted by atomic mass is 9.90. The fourth-order valence-corrected chi connectivity index (χ4v) is 5.42. The molecule has 3 amide bonds. The van der Waals surface area contributed by atoms with Crippen molar-refractivity contribution in [3.63, 3.8) is 0 Å². The molecule has 8 heteroatoms. The van der Waals surface area contributed by atoms with Crippen LogP contribution in [0, 0.1) is 0 Å². The van der Waals surface area contributed by atoms with E-state index in [9.17, 15) is 14.4 Å². The first-order chi connectivity index (χ1) is 17.7. The Morgan fingerprint density at radius 1 is 1.00 bits per heavy atom. The van der Waals surface area contributed by atoms with E-state index in [1.165, 1.54) is 11.3 Å². The second-order valence-electron chi connectivity index (χ2n) is 10.8. The summed E-state index contributed by atoms with van der Waals surface area (Å²) in [6, 6.07) is 14.7. The zero-order valence-electron chi connectivity index (χ0n) is 21.6. The van der Waals surface area contributed by atoms with Crippen molar-refractivity contribution in [2.24, 2.45) is 0 Å². The molecule has 0 spiro atoms. The topological polar surface area (TPSA) is 104 Å². The highest BCUT2D eigenvalue weighted by Gasteiger charge is 2.42. The van der Waals surface area contributed by atoms with Crippen molar-refractivity contribution < 1.29 is 19.1 Å². The van der Waals surface area contributed by atoms with E-state index in [1.807, 2.05) is 48.5 Å². The van der Waals surface area contributed by atoms with Crippen molar-refractivity contribution in [1.82, 2.24) is 15.6 Å². The van der Waals surface area contributed by atoms with Crippen molar-refractivity contribution >= 4 is 34.5 Å². The first kappa shape index (κ1) is 24.9. The molecule has 194 valence electrons. The van der Waals surface area contributed by atoms with Gasteiger partial charge in [-0.25, -0.2) is 4.79 Å². The van der Waals surface area contributed by atoms with Crippen LogP contribution in [-0.2, 0) is 14.3 Å². The summed E-state index contributed by atoms with van der Waals surface area (Å²) < 4.78 is 5.31. The van der Waals surface area contributed by atoms with E-state index < -0.39 is 23.6 Å². The van der Waals surface area contributed by atoms with Crippen LogP contribution < -0.4 is 15.5 Å². The second-order valence-corrected chi connectivity index (χ2v) is 10.8. The van der Waals surface area contributed by atoms with Crippen LogP contribution in [-0.4, -0.2) is 41.1 Å². The van der Waals surface area contributed by atoms with Crippen LogP contribution in [0.1, 0.15) is 64.6 Å². The Morgan fingerprint density at radius 3 is 2.46 bits per heavy atom. The second kappa shape index (κ2) is 9.92. The minimum atomic E-state index is -0.896. The number of carbonyl (C=O) groups excluding carboxylic acids is 3. The van der Waals surface area contributed by atoms with Gasteiger partial charge in [-0.3, -0.25) is 14.5 Å². The first-order valence-electron chi connectivity index (χ1n) is 13.0. The van der Waals surface area contributed by atoms with Gasteiger partial charge in [-0.2, -0.15) is 0 Å². The Kier molecular flexibility index (Phi) is 6.67. The molecule has 1 unspecified atom stereocenters. The average molecular weight is 503 g/mol. The Hall–Kier alpha value is -3.81. The summed E-state index contributed by atoms with van der Waals surface area (Å²) >= 11 is 0. The van der Waals surface area contributed by atoms with Crippen LogP contribution in [0.5, 0.6) is 0 Å². The minimum absolute atomic E-state index is 0.0862. The van der Waals surface area contributed by atoms with Crippen LogP contribution in [0.15, 0.2) is 48.5 Å². The molecule has 1 atom stereocenters. The SMILES string of the molecule is CC(C)(C)OC(=O)NCC(=O)N1c2ccccc2-c2c([nH]c3ccccc23)C1C(=O)NC1CCCCC1. The largest absolute Gasteiger partial charge is 0.444 e. The number of hydrogen-bond donors (Lipinski definition) is 3. The molecule has 1 aliphatic heterocycles. The summed E-state index contributed by atoms with van der Waals surface area (Å²) in [6.07, 6.45) is 4.53. The lowest BCUT2D eigenvalue weighted by molar-refractivity contribution is -0.127. The lowest BCUT2D eigenvalue weighted by Gasteiger charge is -2.37. The fourth-order valence-electron chi connectivity index (χ4n) is 5.42. The summed E-state index contributed by atoms with van der Waals surface area (Å²) in [4.78, 5) is 44.9. The fraction of sp³-hybridized carbons (Fsp3) is 0.414. The van der Waals surface area contributed by atoms with Gasteiger partial charge in [-0.15, -0.1) is 0 Å². The number of rotatable bonds is 4. The van der Waals surface area contributed by atoms with Gasteiger partial charge < -0.3 is 20.4 Å². The molecule has 1 fully saturated rings. The van der Waals surface area contributed by atoms with Crippen molar-refractivity contribution in [3.05, 3.63) is 54.2 Å². The Labute approximate surface area is 216 Å². The van der Waals surface area contributed by atoms with Gasteiger partial charge in [0.15, 0.2) is 6.04 Å². The summed E-state index contributed by atoms with van der Waals surface area (Å²) in [6.45, 7) is 4.99. The molecule has 1 aliphatic carbocycles. The molecule has 2 heterocycles. The minimum Gasteiger partial charge on any atom is -0.444 e. The third kappa shape index (κ3) is 5.05. The third-order valence-electron chi connectivity index (χ3n) is 6.95. The van der Waals surface area contributed by atoms with Gasteiger partial charge in [-0.1, -0.05) is 55.7 Å². The number of carbonyl (C=O) groups is 3. The molecule has 0 radical (unpaired) electrons. The monoisotopic (exact) mass is 502 g/mol. The number of nitrogens with zero attached hydrogens (tertiary/aromatic N) is 1. The van der Waals surface area contributed by atoms with Crippen molar-refractivity contribution in [2.75, 3.05) is 11.4 Å². The van der Waals surface area contributed by atoms with E-state index in [4.69, 9.17) is 4.74 Å². The molecular formula is C29H34N4O4. The van der Waals surface area contributed by atoms with Crippen molar-refractivity contribution in [3.8, 4) is 11.1 Å². The molecular weight excluding hydrogens is 468 g/mol. The maximum Gasteiger partial charge on any atom is 0.408 e. The van der Waals surface area contributed by atoms with Gasteiger partial charge in [0.05, 0.1) is 11.4 Å². The highest BCUT2D eigenvalue weighted by Crippen LogP contribution is 2.48. The number of ether oxygens (including phenoxy) is 1. The summed E-state index contributed by atoms with van der Waals surface area (Å²) in [5.74, 6) is -0.619. The molecule has 3 N–H and O–H groups in total. The Morgan fingerprint density at radius 2 is 1.70 bits per heavy atom. The number of nitrogens with one attached hydrogen (secondary N) is 3. The van der Waals surface area contributed by atoms with E-state index in [0.29, 0.717) is 11.4 Å². The molecule has 2 aromatic carbocycles. The molecule has 0 bridgehead atoms. The van der Waals surface area contributed by atoms with E-state index in [-0.39, 0.29) is 18.5 Å². The predicted octanol–water partition coefficient (Wildman–Crippen LogP) is 5.20. The average Bonchev–Trinajstić information content (AvgIpc) is 3.25. The molecule has 5 rings (SSSR count). The zero-order valence-corrected chi connectivity index (χ0v) is 21.6. The van der Waals surface area contributed by atoms with Gasteiger partial charge in [-0.05, 0) is 45.7 Å². The van der Waals surface area contributed by atoms with Gasteiger partial charge >= 0.3 is 6.09 Å². The van der Waals surface area contributed by atoms with Gasteiger partial charge in [0.1, 0.15) is 12.1 Å². The summed E-state index contributed by atoms with van der Waals surface area (Å²) in [5.41, 5.74) is 3.32. The van der Waals surface area contributed by atoms with E-state index in [2.05, 4.69) is 15.6 Å². The summed E-state index contributed by atoms with van der Waals surface area (Å²) in [5, 5.41) is 6.78. The van der Waals surface area contributed by atoms with Gasteiger partial charge in [0, 0.05) is 28.1 Å². The van der Waals surface area contributed by atoms with E-state index >= 15 is 0 Å². The number of H-pyrrole nitrogens is 1. The van der Waals surface area contributed by atoms with Crippen LogP contribution >= 0.6 is 0 Å². The Bertz CT molecular complexity index is 1330. The number of anilines is 1. The molecule has 37 heavy (non-hydrogen) atoms. The van der Waals surface area contributed by atoms with Gasteiger partial charge in [0.2, 0.25) is 11.8 Å². The standard InChI is InChI=1S/C29H34N4O4/c1-29(2,3)37-28(36)30-17-23(34)33-22-16-10-8-14-20(22)24-19-13-7-9-15-21(19)32-25(24)26(33)27(35)31-18-11-5-4-6-12-18/h7-10,13-16,18,26,32H,4-6,11-12,17H2,1-3H3,(H,30,36)(H,31,35). The third-order valence-corrected chi connectivity index (χ3v) is 6.95. The van der Waals surface area contributed by atoms with Crippen molar-refractivity contribution in [2.45, 2.75) is 70.6 Å². The maximum absolute atomic E-state index is 13.9. The maximum atomic E-state index is 13.9. The number of amides is 3. The van der Waals surface area contributed by atoms with Gasteiger partial charge in [0.25, 0.3) is 0 Å². The van der Waals surface area contributed by atoms with Crippen LogP contribution in [0.4, 0.5) is 10.5 Å². The molecule has 0 saturated heterocycles. The zero-order chi connectivity index (χ0) is 26.2. The van der Waals surface area contributed by atoms with E-state index in [1.54, 1.807) is 20.8 Å². The lowest BCUT2D eigenvalue weighted by Crippen LogP contribution is -2.51. The number of para-hydroxylation sites is 2. The highest BCUT2D eigenvalue weighted by atomic mass is 16.6. The quantitative estimate of drug-likeness (QED) is 0.456. The molecule has 1 saturated carbocycles. The normalized spacial score (nSPS) is 17.6. The van der Waals surface area contributed by atoms with Crippen LogP contribution in [0.2, 0.25) is 0 Å². The molecule has 1 aromatic heterocycles. The first-order valence-corrected chi connectivity index (χ1v) is 13.0. The van der Waals surface area contributed by atoms with Crippen LogP contribution in [0.25, 0.3) is 22.0 Å². The smallest absolute Gasteiger partial charge is 0.408 e.